The molecule has 1 unspecified atom stereocenters. The number of halogens is 2. The summed E-state index contributed by atoms with van der Waals surface area (Å²) >= 11 is 12.3. The second-order valence-corrected chi connectivity index (χ2v) is 15.0. The van der Waals surface area contributed by atoms with Gasteiger partial charge >= 0.3 is 12.0 Å². The van der Waals surface area contributed by atoms with Crippen LogP contribution in [0.3, 0.4) is 0 Å². The highest BCUT2D eigenvalue weighted by atomic mass is 35.5. The van der Waals surface area contributed by atoms with Crippen LogP contribution in [0.1, 0.15) is 81.1 Å². The number of amides is 5. The molecule has 1 aliphatic heterocycles. The molecule has 1 saturated carbocycles. The van der Waals surface area contributed by atoms with Crippen molar-refractivity contribution >= 4 is 58.7 Å². The Balaban J connectivity index is 2.28. The molecule has 14 heteroatoms. The summed E-state index contributed by atoms with van der Waals surface area (Å²) in [6, 6.07) is -4.11. The summed E-state index contributed by atoms with van der Waals surface area (Å²) in [5.74, 6) is -4.23. The van der Waals surface area contributed by atoms with Crippen molar-refractivity contribution in [2.24, 2.45) is 23.0 Å². The van der Waals surface area contributed by atoms with Crippen LogP contribution in [-0.2, 0) is 28.7 Å². The zero-order chi connectivity index (χ0) is 32.4. The molecule has 5 amide bonds. The van der Waals surface area contributed by atoms with Crippen LogP contribution in [0.4, 0.5) is 4.79 Å². The monoisotopic (exact) mass is 633 g/mol. The van der Waals surface area contributed by atoms with Gasteiger partial charge in [0.15, 0.2) is 0 Å². The number of Topliss-reactive ketones (excluding diaryl/α,β-unsaturated/α-hetero) is 1. The molecule has 0 radical (unpaired) electrons. The van der Waals surface area contributed by atoms with Crippen LogP contribution in [0.25, 0.3) is 0 Å². The van der Waals surface area contributed by atoms with Crippen molar-refractivity contribution in [3.8, 4) is 0 Å². The van der Waals surface area contributed by atoms with E-state index in [2.05, 4.69) is 16.0 Å². The predicted molar refractivity (Wildman–Crippen MR) is 157 cm³/mol. The lowest BCUT2D eigenvalue weighted by atomic mass is 9.85. The molecule has 1 heterocycles. The number of esters is 1. The van der Waals surface area contributed by atoms with E-state index in [1.165, 1.54) is 18.7 Å². The first-order valence-corrected chi connectivity index (χ1v) is 15.0. The number of carbonyl (C=O) groups is 6. The molecule has 2 aliphatic rings. The van der Waals surface area contributed by atoms with Crippen molar-refractivity contribution in [2.75, 3.05) is 6.54 Å². The first-order valence-electron chi connectivity index (χ1n) is 14.1. The van der Waals surface area contributed by atoms with Gasteiger partial charge in [-0.15, -0.1) is 23.2 Å². The number of likely N-dealkylation sites (tertiary alicyclic amines) is 1. The van der Waals surface area contributed by atoms with Crippen LogP contribution in [0.15, 0.2) is 0 Å². The van der Waals surface area contributed by atoms with Gasteiger partial charge in [-0.05, 0) is 58.8 Å². The lowest BCUT2D eigenvalue weighted by Crippen LogP contribution is -2.62. The maximum atomic E-state index is 14.0. The van der Waals surface area contributed by atoms with Gasteiger partial charge in [0.05, 0.1) is 6.04 Å². The summed E-state index contributed by atoms with van der Waals surface area (Å²) in [5, 5.41) is 7.84. The van der Waals surface area contributed by atoms with Gasteiger partial charge in [-0.25, -0.2) is 9.59 Å². The minimum atomic E-state index is -1.42. The number of nitrogens with one attached hydrogen (secondary N) is 3. The molecule has 4 atom stereocenters. The average Bonchev–Trinajstić information content (AvgIpc) is 3.52. The van der Waals surface area contributed by atoms with E-state index in [4.69, 9.17) is 33.7 Å². The van der Waals surface area contributed by atoms with Gasteiger partial charge in [0.1, 0.15) is 28.1 Å². The third-order valence-electron chi connectivity index (χ3n) is 7.14. The van der Waals surface area contributed by atoms with Crippen LogP contribution >= 0.6 is 23.2 Å². The maximum absolute atomic E-state index is 14.0. The molecule has 0 aromatic heterocycles. The van der Waals surface area contributed by atoms with Gasteiger partial charge in [-0.3, -0.25) is 19.2 Å². The zero-order valence-corrected chi connectivity index (χ0v) is 27.1. The number of nitrogens with two attached hydrogens (primary N) is 1. The Morgan fingerprint density at radius 1 is 0.952 bits per heavy atom. The second kappa shape index (κ2) is 13.4. The molecule has 0 bridgehead atoms. The van der Waals surface area contributed by atoms with E-state index in [9.17, 15) is 28.8 Å². The zero-order valence-electron chi connectivity index (χ0n) is 25.6. The van der Waals surface area contributed by atoms with Crippen molar-refractivity contribution in [1.29, 1.82) is 0 Å². The van der Waals surface area contributed by atoms with Crippen LogP contribution in [0.5, 0.6) is 0 Å². The first kappa shape index (κ1) is 35.6. The lowest BCUT2D eigenvalue weighted by Gasteiger charge is -2.36. The molecule has 1 aliphatic carbocycles. The van der Waals surface area contributed by atoms with E-state index in [0.29, 0.717) is 0 Å². The molecular formula is C28H45Cl2N5O7. The number of primary amides is 1. The standard InChI is InChI=1S/C28H45Cl2N5O7/c1-26(2,3)19(33-25(41)34-28(7,8)24(40)42-27(4,5)6)23(39)35-13-15(20(29)30)12-17(35)22(38)32-16(11-14-9-10-14)18(36)21(31)37/h14-17,19-20H,9-13H2,1-8H3,(H2,31,37)(H,32,38)(H2,33,34,41)/t15-,16?,17+,19-/m1/s1. The molecule has 238 valence electrons. The van der Waals surface area contributed by atoms with Gasteiger partial charge in [0, 0.05) is 12.5 Å². The lowest BCUT2D eigenvalue weighted by molar-refractivity contribution is -0.161. The maximum Gasteiger partial charge on any atom is 0.331 e. The Morgan fingerprint density at radius 3 is 1.98 bits per heavy atom. The molecule has 0 aromatic rings. The normalized spacial score (nSPS) is 20.9. The molecule has 12 nitrogen and oxygen atoms in total. The van der Waals surface area contributed by atoms with Crippen LogP contribution < -0.4 is 21.7 Å². The number of nitrogens with zero attached hydrogens (tertiary/aromatic N) is 1. The van der Waals surface area contributed by atoms with Crippen molar-refractivity contribution < 1.29 is 33.5 Å². The largest absolute Gasteiger partial charge is 0.458 e. The highest BCUT2D eigenvalue weighted by Crippen LogP contribution is 2.35. The SMILES string of the molecule is CC(C)(C)OC(=O)C(C)(C)NC(=O)N[C@H](C(=O)N1C[C@H](C(Cl)Cl)C[C@H]1C(=O)NC(CC1CC1)C(=O)C(N)=O)C(C)(C)C. The van der Waals surface area contributed by atoms with E-state index >= 15 is 0 Å². The fraction of sp³-hybridized carbons (Fsp3) is 0.786. The Bertz CT molecular complexity index is 1080. The van der Waals surface area contributed by atoms with E-state index in [1.807, 2.05) is 0 Å². The number of alkyl halides is 2. The predicted octanol–water partition coefficient (Wildman–Crippen LogP) is 2.18. The van der Waals surface area contributed by atoms with Gasteiger partial charge in [-0.1, -0.05) is 33.6 Å². The van der Waals surface area contributed by atoms with E-state index in [0.717, 1.165) is 12.8 Å². The average molecular weight is 635 g/mol. The number of hydrogen-bond acceptors (Lipinski definition) is 7. The van der Waals surface area contributed by atoms with Crippen LogP contribution in [-0.4, -0.2) is 81.1 Å². The number of hydrogen-bond donors (Lipinski definition) is 4. The molecule has 0 spiro atoms. The molecule has 2 rings (SSSR count). The quantitative estimate of drug-likeness (QED) is 0.153. The number of rotatable bonds is 11. The molecule has 0 aromatic carbocycles. The second-order valence-electron chi connectivity index (χ2n) is 13.8. The number of ether oxygens (including phenoxy) is 1. The topological polar surface area (TPSA) is 177 Å². The van der Waals surface area contributed by atoms with Gasteiger partial charge in [-0.2, -0.15) is 0 Å². The summed E-state index contributed by atoms with van der Waals surface area (Å²) in [4.78, 5) is 77.7. The number of urea groups is 1. The van der Waals surface area contributed by atoms with Crippen molar-refractivity contribution in [3.05, 3.63) is 0 Å². The molecule has 1 saturated heterocycles. The minimum Gasteiger partial charge on any atom is -0.458 e. The minimum absolute atomic E-state index is 0.0188. The van der Waals surface area contributed by atoms with Crippen molar-refractivity contribution in [2.45, 2.75) is 115 Å². The van der Waals surface area contributed by atoms with E-state index in [1.54, 1.807) is 41.5 Å². The summed E-state index contributed by atoms with van der Waals surface area (Å²) in [5.41, 5.74) is 2.18. The number of carbonyl (C=O) groups excluding carboxylic acids is 6. The fourth-order valence-corrected chi connectivity index (χ4v) is 4.99. The van der Waals surface area contributed by atoms with Crippen molar-refractivity contribution in [1.82, 2.24) is 20.9 Å². The van der Waals surface area contributed by atoms with E-state index in [-0.39, 0.29) is 25.3 Å². The summed E-state index contributed by atoms with van der Waals surface area (Å²) < 4.78 is 5.39. The molecular weight excluding hydrogens is 589 g/mol. The van der Waals surface area contributed by atoms with Gasteiger partial charge in [0.2, 0.25) is 17.6 Å². The van der Waals surface area contributed by atoms with E-state index < -0.39 is 80.9 Å². The molecule has 5 N–H and O–H groups in total. The van der Waals surface area contributed by atoms with Crippen molar-refractivity contribution in [3.63, 3.8) is 0 Å². The summed E-state index contributed by atoms with van der Waals surface area (Å²) in [6.07, 6.45) is 2.12. The van der Waals surface area contributed by atoms with Crippen LogP contribution in [0.2, 0.25) is 0 Å². The Labute approximate surface area is 257 Å². The Hall–Kier alpha value is -2.60. The molecule has 42 heavy (non-hydrogen) atoms. The van der Waals surface area contributed by atoms with Gasteiger partial charge < -0.3 is 31.3 Å². The van der Waals surface area contributed by atoms with Crippen LogP contribution in [0, 0.1) is 17.3 Å². The summed E-state index contributed by atoms with van der Waals surface area (Å²) in [7, 11) is 0. The number of ketones is 1. The third kappa shape index (κ3) is 10.00. The third-order valence-corrected chi connectivity index (χ3v) is 7.85. The fourth-order valence-electron chi connectivity index (χ4n) is 4.62. The summed E-state index contributed by atoms with van der Waals surface area (Å²) in [6.45, 7) is 13.3. The first-order chi connectivity index (χ1) is 19.0. The Morgan fingerprint density at radius 2 is 1.52 bits per heavy atom. The highest BCUT2D eigenvalue weighted by Gasteiger charge is 2.47. The Kier molecular flexibility index (Phi) is 11.3. The van der Waals surface area contributed by atoms with Gasteiger partial charge in [0.25, 0.3) is 5.91 Å². The highest BCUT2D eigenvalue weighted by molar-refractivity contribution is 6.44. The molecule has 2 fully saturated rings. The smallest absolute Gasteiger partial charge is 0.331 e.